The van der Waals surface area contributed by atoms with E-state index in [-0.39, 0.29) is 0 Å². The van der Waals surface area contributed by atoms with Gasteiger partial charge >= 0.3 is 0 Å². The average molecular weight is 487 g/mol. The highest BCUT2D eigenvalue weighted by Gasteiger charge is 2.29. The number of aromatic nitrogens is 2. The van der Waals surface area contributed by atoms with Crippen molar-refractivity contribution in [3.8, 4) is 0 Å². The molecular weight excluding hydrogens is 448 g/mol. The number of nitrogens with one attached hydrogen (secondary N) is 2. The van der Waals surface area contributed by atoms with E-state index in [1.54, 1.807) is 0 Å². The summed E-state index contributed by atoms with van der Waals surface area (Å²) in [6, 6.07) is 16.1. The van der Waals surface area contributed by atoms with E-state index in [0.29, 0.717) is 18.6 Å². The van der Waals surface area contributed by atoms with Gasteiger partial charge in [0.25, 0.3) is 0 Å². The molecule has 3 aliphatic rings. The van der Waals surface area contributed by atoms with Crippen LogP contribution < -0.4 is 26.2 Å². The third kappa shape index (κ3) is 4.61. The van der Waals surface area contributed by atoms with Gasteiger partial charge in [-0.3, -0.25) is 0 Å². The van der Waals surface area contributed by atoms with Crippen LogP contribution in [-0.2, 0) is 13.0 Å². The highest BCUT2D eigenvalue weighted by molar-refractivity contribution is 5.94. The lowest BCUT2D eigenvalue weighted by atomic mass is 10.0. The molecule has 2 fully saturated rings. The van der Waals surface area contributed by atoms with E-state index < -0.39 is 0 Å². The molecule has 190 valence electrons. The van der Waals surface area contributed by atoms with Crippen LogP contribution in [0.1, 0.15) is 24.1 Å². The summed E-state index contributed by atoms with van der Waals surface area (Å²) in [7, 11) is 2.22. The predicted octanol–water partition coefficient (Wildman–Crippen LogP) is 2.44. The Labute approximate surface area is 213 Å². The van der Waals surface area contributed by atoms with Gasteiger partial charge in [0.2, 0.25) is 5.95 Å². The van der Waals surface area contributed by atoms with Gasteiger partial charge in [-0.1, -0.05) is 36.4 Å². The Bertz CT molecular complexity index is 1210. The molecular formula is C28H38N8. The summed E-state index contributed by atoms with van der Waals surface area (Å²) in [6.07, 6.45) is 3.43. The van der Waals surface area contributed by atoms with Crippen molar-refractivity contribution in [2.75, 3.05) is 68.0 Å². The molecule has 6 rings (SSSR count). The Morgan fingerprint density at radius 1 is 1.06 bits per heavy atom. The zero-order valence-electron chi connectivity index (χ0n) is 21.3. The van der Waals surface area contributed by atoms with Crippen LogP contribution in [0.3, 0.4) is 0 Å². The fourth-order valence-corrected chi connectivity index (χ4v) is 6.06. The van der Waals surface area contributed by atoms with Gasteiger partial charge in [0.15, 0.2) is 0 Å². The molecule has 4 heterocycles. The van der Waals surface area contributed by atoms with Crippen LogP contribution in [0.5, 0.6) is 0 Å². The van der Waals surface area contributed by atoms with Gasteiger partial charge in [-0.15, -0.1) is 0 Å². The van der Waals surface area contributed by atoms with Crippen molar-refractivity contribution in [3.63, 3.8) is 0 Å². The summed E-state index contributed by atoms with van der Waals surface area (Å²) in [6.45, 7) is 7.21. The van der Waals surface area contributed by atoms with Gasteiger partial charge in [-0.25, -0.2) is 4.98 Å². The van der Waals surface area contributed by atoms with Crippen LogP contribution in [0.2, 0.25) is 0 Å². The summed E-state index contributed by atoms with van der Waals surface area (Å²) in [4.78, 5) is 17.6. The van der Waals surface area contributed by atoms with Gasteiger partial charge < -0.3 is 31.1 Å². The number of benzene rings is 2. The first kappa shape index (κ1) is 23.5. The number of hydrogen-bond acceptors (Lipinski definition) is 8. The third-order valence-electron chi connectivity index (χ3n) is 8.16. The normalized spacial score (nSPS) is 22.7. The Balaban J connectivity index is 1.32. The lowest BCUT2D eigenvalue weighted by Crippen LogP contribution is -2.54. The SMILES string of the molecule is CN1CCC[C@H]1CNc1nc2c(c(N3CCN[C@@H](CN)C3)n1)CCN(c1cccc3ccccc13)C2. The van der Waals surface area contributed by atoms with Crippen molar-refractivity contribution >= 4 is 28.2 Å². The number of piperazine rings is 1. The van der Waals surface area contributed by atoms with Crippen molar-refractivity contribution in [1.82, 2.24) is 20.2 Å². The van der Waals surface area contributed by atoms with Gasteiger partial charge in [0.1, 0.15) is 5.82 Å². The van der Waals surface area contributed by atoms with Crippen LogP contribution in [0, 0.1) is 0 Å². The molecule has 0 spiro atoms. The number of likely N-dealkylation sites (tertiary alicyclic amines) is 1. The molecule has 0 bridgehead atoms. The molecule has 0 amide bonds. The maximum atomic E-state index is 6.02. The number of nitrogens with two attached hydrogens (primary N) is 1. The summed E-state index contributed by atoms with van der Waals surface area (Å²) in [5.41, 5.74) is 9.75. The van der Waals surface area contributed by atoms with Crippen molar-refractivity contribution in [2.45, 2.75) is 37.9 Å². The average Bonchev–Trinajstić information content (AvgIpc) is 3.35. The Kier molecular flexibility index (Phi) is 6.65. The number of fused-ring (bicyclic) bond motifs is 2. The second kappa shape index (κ2) is 10.2. The van der Waals surface area contributed by atoms with E-state index >= 15 is 0 Å². The van der Waals surface area contributed by atoms with Crippen molar-refractivity contribution in [2.24, 2.45) is 5.73 Å². The van der Waals surface area contributed by atoms with Crippen molar-refractivity contribution in [3.05, 3.63) is 53.7 Å². The third-order valence-corrected chi connectivity index (χ3v) is 8.16. The molecule has 1 aromatic heterocycles. The van der Waals surface area contributed by atoms with Crippen LogP contribution in [0.4, 0.5) is 17.5 Å². The number of anilines is 3. The largest absolute Gasteiger partial charge is 0.365 e. The number of hydrogen-bond donors (Lipinski definition) is 3. The zero-order valence-corrected chi connectivity index (χ0v) is 21.3. The van der Waals surface area contributed by atoms with Crippen LogP contribution >= 0.6 is 0 Å². The minimum Gasteiger partial charge on any atom is -0.365 e. The molecule has 0 saturated carbocycles. The predicted molar refractivity (Wildman–Crippen MR) is 148 cm³/mol. The Morgan fingerprint density at radius 2 is 1.94 bits per heavy atom. The minimum atomic E-state index is 0.295. The van der Waals surface area contributed by atoms with E-state index in [1.165, 1.54) is 41.4 Å². The number of likely N-dealkylation sites (N-methyl/N-ethyl adjacent to an activating group) is 1. The first-order valence-corrected chi connectivity index (χ1v) is 13.4. The van der Waals surface area contributed by atoms with Gasteiger partial charge in [-0.2, -0.15) is 4.98 Å². The molecule has 2 aromatic carbocycles. The van der Waals surface area contributed by atoms with E-state index in [0.717, 1.165) is 63.1 Å². The molecule has 0 unspecified atom stereocenters. The van der Waals surface area contributed by atoms with Crippen LogP contribution in [0.25, 0.3) is 10.8 Å². The molecule has 3 aliphatic heterocycles. The quantitative estimate of drug-likeness (QED) is 0.490. The molecule has 4 N–H and O–H groups in total. The molecule has 8 heteroatoms. The standard InChI is InChI=1S/C28H38N8/c1-34-13-5-8-22(34)17-31-28-32-25-19-35(26-10-4-7-20-6-2-3-9-23(20)26)14-11-24(25)27(33-28)36-15-12-30-21(16-29)18-36/h2-4,6-7,9-10,21-22,30H,5,8,11-19,29H2,1H3,(H,31,32,33)/t21-,22-/m0/s1. The molecule has 3 aromatic rings. The van der Waals surface area contributed by atoms with Gasteiger partial charge in [-0.05, 0) is 44.3 Å². The first-order chi connectivity index (χ1) is 17.7. The summed E-state index contributed by atoms with van der Waals surface area (Å²) in [5, 5.41) is 9.72. The minimum absolute atomic E-state index is 0.295. The second-order valence-corrected chi connectivity index (χ2v) is 10.5. The fourth-order valence-electron chi connectivity index (χ4n) is 6.06. The topological polar surface area (TPSA) is 85.6 Å². The summed E-state index contributed by atoms with van der Waals surface area (Å²) < 4.78 is 0. The van der Waals surface area contributed by atoms with E-state index in [2.05, 4.69) is 74.8 Å². The number of nitrogens with zero attached hydrogens (tertiary/aromatic N) is 5. The fraction of sp³-hybridized carbons (Fsp3) is 0.500. The molecule has 0 radical (unpaired) electrons. The zero-order chi connectivity index (χ0) is 24.5. The summed E-state index contributed by atoms with van der Waals surface area (Å²) >= 11 is 0. The van der Waals surface area contributed by atoms with E-state index in [1.807, 2.05) is 0 Å². The van der Waals surface area contributed by atoms with Gasteiger partial charge in [0.05, 0.1) is 12.2 Å². The van der Waals surface area contributed by atoms with Crippen molar-refractivity contribution in [1.29, 1.82) is 0 Å². The lowest BCUT2D eigenvalue weighted by Gasteiger charge is -2.38. The molecule has 0 aliphatic carbocycles. The van der Waals surface area contributed by atoms with Gasteiger partial charge in [0, 0.05) is 68.0 Å². The van der Waals surface area contributed by atoms with Crippen LogP contribution in [0.15, 0.2) is 42.5 Å². The molecule has 2 saturated heterocycles. The highest BCUT2D eigenvalue weighted by Crippen LogP contribution is 2.34. The summed E-state index contributed by atoms with van der Waals surface area (Å²) in [5.74, 6) is 1.85. The smallest absolute Gasteiger partial charge is 0.225 e. The molecule has 36 heavy (non-hydrogen) atoms. The van der Waals surface area contributed by atoms with E-state index in [9.17, 15) is 0 Å². The number of rotatable bonds is 6. The molecule has 2 atom stereocenters. The lowest BCUT2D eigenvalue weighted by molar-refractivity contribution is 0.322. The second-order valence-electron chi connectivity index (χ2n) is 10.5. The van der Waals surface area contributed by atoms with Crippen molar-refractivity contribution < 1.29 is 0 Å². The Morgan fingerprint density at radius 3 is 2.81 bits per heavy atom. The molecule has 8 nitrogen and oxygen atoms in total. The Hall–Kier alpha value is -2.94. The van der Waals surface area contributed by atoms with Crippen LogP contribution in [-0.4, -0.2) is 79.8 Å². The van der Waals surface area contributed by atoms with E-state index in [4.69, 9.17) is 15.7 Å². The monoisotopic (exact) mass is 486 g/mol. The first-order valence-electron chi connectivity index (χ1n) is 13.4. The maximum Gasteiger partial charge on any atom is 0.225 e. The highest BCUT2D eigenvalue weighted by atomic mass is 15.3. The maximum absolute atomic E-state index is 6.02.